The van der Waals surface area contributed by atoms with Crippen LogP contribution < -0.4 is 10.2 Å². The highest BCUT2D eigenvalue weighted by molar-refractivity contribution is 9.12. The molecule has 8 nitrogen and oxygen atoms in total. The zero-order valence-corrected chi connectivity index (χ0v) is 21.6. The molecule has 0 radical (unpaired) electrons. The molecule has 1 N–H and O–H groups in total. The fraction of sp³-hybridized carbons (Fsp3) is 0.348. The van der Waals surface area contributed by atoms with Crippen LogP contribution in [-0.4, -0.2) is 34.4 Å². The molecule has 0 aliphatic rings. The molecule has 0 aliphatic heterocycles. The van der Waals surface area contributed by atoms with Crippen LogP contribution in [0, 0.1) is 15.9 Å². The summed E-state index contributed by atoms with van der Waals surface area (Å²) in [4.78, 5) is 31.1. The number of nitrogens with zero attached hydrogens (tertiary/aromatic N) is 4. The van der Waals surface area contributed by atoms with E-state index in [1.165, 1.54) is 6.33 Å². The lowest BCUT2D eigenvalue weighted by molar-refractivity contribution is -0.384. The van der Waals surface area contributed by atoms with Crippen LogP contribution >= 0.6 is 15.9 Å². The molecule has 1 heterocycles. The number of aromatic nitrogens is 2. The second-order valence-electron chi connectivity index (χ2n) is 8.28. The van der Waals surface area contributed by atoms with Gasteiger partial charge in [0.05, 0.1) is 27.7 Å². The van der Waals surface area contributed by atoms with Gasteiger partial charge in [-0.3, -0.25) is 14.9 Å². The third kappa shape index (κ3) is 6.45. The average Bonchev–Trinajstić information content (AvgIpc) is 2.78. The highest BCUT2D eigenvalue weighted by Gasteiger charge is 2.40. The molecule has 0 amide bonds. The molecule has 0 atom stereocenters. The minimum Gasteiger partial charge on any atom is -0.349 e. The number of allylic oxidation sites excluding steroid dienone is 4. The van der Waals surface area contributed by atoms with Crippen molar-refractivity contribution < 1.29 is 27.3 Å². The molecule has 1 aromatic heterocycles. The molecule has 13 heteroatoms. The van der Waals surface area contributed by atoms with Gasteiger partial charge >= 0.3 is 6.18 Å². The SMILES string of the molecule is CC(C)c1ncnc(C(C)C)c1N/C(C=O)=C(Br)/C=C(\N(C)c1c(F)cccc1[N+](=O)[O-])C(F)(F)F. The number of benzene rings is 1. The van der Waals surface area contributed by atoms with Crippen LogP contribution in [0.3, 0.4) is 0 Å². The van der Waals surface area contributed by atoms with Crippen LogP contribution in [0.25, 0.3) is 0 Å². The lowest BCUT2D eigenvalue weighted by Crippen LogP contribution is -2.30. The van der Waals surface area contributed by atoms with Gasteiger partial charge in [0.15, 0.2) is 17.8 Å². The van der Waals surface area contributed by atoms with Crippen molar-refractivity contribution in [3.05, 3.63) is 73.8 Å². The number of nitro groups is 1. The van der Waals surface area contributed by atoms with Crippen LogP contribution in [0.4, 0.5) is 34.6 Å². The number of aldehydes is 1. The van der Waals surface area contributed by atoms with Gasteiger partial charge in [-0.05, 0) is 39.9 Å². The first-order valence-electron chi connectivity index (χ1n) is 10.6. The van der Waals surface area contributed by atoms with Gasteiger partial charge in [-0.1, -0.05) is 33.8 Å². The van der Waals surface area contributed by atoms with Crippen molar-refractivity contribution in [1.29, 1.82) is 0 Å². The predicted octanol–water partition coefficient (Wildman–Crippen LogP) is 6.57. The second kappa shape index (κ2) is 11.6. The molecule has 0 saturated carbocycles. The summed E-state index contributed by atoms with van der Waals surface area (Å²) in [6.07, 6.45) is -2.85. The molecule has 0 spiro atoms. The van der Waals surface area contributed by atoms with E-state index in [0.29, 0.717) is 34.3 Å². The number of hydrogen-bond acceptors (Lipinski definition) is 7. The number of carbonyl (C=O) groups excluding carboxylic acids is 1. The Balaban J connectivity index is 2.71. The molecule has 0 fully saturated rings. The van der Waals surface area contributed by atoms with E-state index in [1.807, 2.05) is 27.7 Å². The number of rotatable bonds is 9. The van der Waals surface area contributed by atoms with Crippen molar-refractivity contribution in [2.75, 3.05) is 17.3 Å². The van der Waals surface area contributed by atoms with E-state index in [0.717, 1.165) is 25.2 Å². The Morgan fingerprint density at radius 1 is 1.17 bits per heavy atom. The Bertz CT molecular complexity index is 1190. The summed E-state index contributed by atoms with van der Waals surface area (Å²) >= 11 is 3.00. The summed E-state index contributed by atoms with van der Waals surface area (Å²) in [7, 11) is 0.845. The molecule has 0 saturated heterocycles. The Morgan fingerprint density at radius 2 is 1.72 bits per heavy atom. The lowest BCUT2D eigenvalue weighted by Gasteiger charge is -2.25. The van der Waals surface area contributed by atoms with E-state index in [9.17, 15) is 32.5 Å². The molecule has 2 rings (SSSR count). The first kappa shape index (κ1) is 28.9. The fourth-order valence-electron chi connectivity index (χ4n) is 3.37. The molecule has 0 aliphatic carbocycles. The van der Waals surface area contributed by atoms with Crippen molar-refractivity contribution in [2.24, 2.45) is 0 Å². The normalized spacial score (nSPS) is 13.1. The van der Waals surface area contributed by atoms with Gasteiger partial charge in [0.2, 0.25) is 0 Å². The quantitative estimate of drug-likeness (QED) is 0.0903. The summed E-state index contributed by atoms with van der Waals surface area (Å²) in [6.45, 7) is 7.42. The van der Waals surface area contributed by atoms with Gasteiger partial charge in [-0.2, -0.15) is 13.2 Å². The minimum absolute atomic E-state index is 0.103. The van der Waals surface area contributed by atoms with Crippen LogP contribution in [-0.2, 0) is 4.79 Å². The Kier molecular flexibility index (Phi) is 9.30. The highest BCUT2D eigenvalue weighted by atomic mass is 79.9. The topological polar surface area (TPSA) is 101 Å². The Hall–Kier alpha value is -3.35. The van der Waals surface area contributed by atoms with Gasteiger partial charge < -0.3 is 10.2 Å². The van der Waals surface area contributed by atoms with E-state index in [1.54, 1.807) is 0 Å². The smallest absolute Gasteiger partial charge is 0.349 e. The fourth-order valence-corrected chi connectivity index (χ4v) is 3.78. The van der Waals surface area contributed by atoms with Crippen molar-refractivity contribution in [2.45, 2.75) is 45.7 Å². The van der Waals surface area contributed by atoms with Crippen molar-refractivity contribution in [1.82, 2.24) is 9.97 Å². The summed E-state index contributed by atoms with van der Waals surface area (Å²) < 4.78 is 56.2. The molecule has 36 heavy (non-hydrogen) atoms. The van der Waals surface area contributed by atoms with E-state index >= 15 is 0 Å². The van der Waals surface area contributed by atoms with Gasteiger partial charge in [-0.25, -0.2) is 14.4 Å². The summed E-state index contributed by atoms with van der Waals surface area (Å²) in [5.74, 6) is -1.43. The zero-order chi connectivity index (χ0) is 27.4. The van der Waals surface area contributed by atoms with E-state index in [2.05, 4.69) is 31.2 Å². The van der Waals surface area contributed by atoms with E-state index < -0.39 is 34.0 Å². The number of nitro benzene ring substituents is 1. The van der Waals surface area contributed by atoms with E-state index in [-0.39, 0.29) is 22.0 Å². The number of alkyl halides is 3. The maximum atomic E-state index is 14.5. The second-order valence-corrected chi connectivity index (χ2v) is 9.14. The van der Waals surface area contributed by atoms with Crippen molar-refractivity contribution in [3.8, 4) is 0 Å². The van der Waals surface area contributed by atoms with Crippen LogP contribution in [0.2, 0.25) is 0 Å². The first-order valence-corrected chi connectivity index (χ1v) is 11.4. The first-order chi connectivity index (χ1) is 16.7. The number of nitrogens with one attached hydrogen (secondary N) is 1. The van der Waals surface area contributed by atoms with Crippen LogP contribution in [0.1, 0.15) is 50.9 Å². The van der Waals surface area contributed by atoms with E-state index in [4.69, 9.17) is 0 Å². The summed E-state index contributed by atoms with van der Waals surface area (Å²) in [5, 5.41) is 14.2. The third-order valence-electron chi connectivity index (χ3n) is 5.05. The number of para-hydroxylation sites is 1. The number of hydrogen-bond donors (Lipinski definition) is 1. The minimum atomic E-state index is -5.07. The molecule has 0 bridgehead atoms. The largest absolute Gasteiger partial charge is 0.431 e. The van der Waals surface area contributed by atoms with Crippen LogP contribution in [0.5, 0.6) is 0 Å². The molecule has 2 aromatic rings. The standard InChI is InChI=1S/C23H24BrF4N5O3/c1-12(2)19-21(20(13(3)4)30-11-29-19)31-16(10-34)14(24)9-18(23(26,27)28)32(5)22-15(25)7-6-8-17(22)33(35)36/h6-13,31H,1-5H3/b16-14-,18-9-. The monoisotopic (exact) mass is 573 g/mol. The highest BCUT2D eigenvalue weighted by Crippen LogP contribution is 2.39. The molecule has 1 aromatic carbocycles. The molecule has 194 valence electrons. The summed E-state index contributed by atoms with van der Waals surface area (Å²) in [6, 6.07) is 2.72. The third-order valence-corrected chi connectivity index (χ3v) is 5.70. The number of halogens is 5. The summed E-state index contributed by atoms with van der Waals surface area (Å²) in [5.41, 5.74) is -2.01. The van der Waals surface area contributed by atoms with Crippen molar-refractivity contribution in [3.63, 3.8) is 0 Å². The molecular weight excluding hydrogens is 550 g/mol. The maximum Gasteiger partial charge on any atom is 0.431 e. The Labute approximate surface area is 213 Å². The molecule has 0 unspecified atom stereocenters. The van der Waals surface area contributed by atoms with Gasteiger partial charge in [0.1, 0.15) is 12.0 Å². The van der Waals surface area contributed by atoms with Gasteiger partial charge in [-0.15, -0.1) is 0 Å². The number of carbonyl (C=O) groups is 1. The number of anilines is 2. The van der Waals surface area contributed by atoms with Gasteiger partial charge in [0.25, 0.3) is 5.69 Å². The predicted molar refractivity (Wildman–Crippen MR) is 131 cm³/mol. The maximum absolute atomic E-state index is 14.5. The van der Waals surface area contributed by atoms with Gasteiger partial charge in [0, 0.05) is 17.6 Å². The molecular formula is C23H24BrF4N5O3. The lowest BCUT2D eigenvalue weighted by atomic mass is 10.0. The van der Waals surface area contributed by atoms with Crippen molar-refractivity contribution >= 4 is 39.3 Å². The Morgan fingerprint density at radius 3 is 2.17 bits per heavy atom. The average molecular weight is 574 g/mol. The zero-order valence-electron chi connectivity index (χ0n) is 20.0. The van der Waals surface area contributed by atoms with Crippen LogP contribution in [0.15, 0.2) is 46.5 Å².